The van der Waals surface area contributed by atoms with E-state index in [1.807, 2.05) is 0 Å². The minimum Gasteiger partial charge on any atom is -0.395 e. The van der Waals surface area contributed by atoms with Crippen molar-refractivity contribution in [1.82, 2.24) is 4.57 Å². The first-order valence-corrected chi connectivity index (χ1v) is 11.6. The van der Waals surface area contributed by atoms with E-state index >= 15 is 4.39 Å². The van der Waals surface area contributed by atoms with Crippen LogP contribution in [-0.4, -0.2) is 39.5 Å². The number of aliphatic hydroxyl groups excluding tert-OH is 1. The second-order valence-corrected chi connectivity index (χ2v) is 9.53. The van der Waals surface area contributed by atoms with Crippen LogP contribution in [0.3, 0.4) is 0 Å². The molecule has 1 fully saturated rings. The summed E-state index contributed by atoms with van der Waals surface area (Å²) < 4.78 is 127. The number of aliphatic hydroxyl groups is 2. The Morgan fingerprint density at radius 2 is 2.05 bits per heavy atom. The minimum atomic E-state index is -4.18. The molecule has 2 atom stereocenters. The van der Waals surface area contributed by atoms with E-state index in [4.69, 9.17) is 12.3 Å². The van der Waals surface area contributed by atoms with Gasteiger partial charge in [0.05, 0.1) is 38.3 Å². The van der Waals surface area contributed by atoms with E-state index in [0.717, 1.165) is 6.07 Å². The van der Waals surface area contributed by atoms with E-state index in [2.05, 4.69) is 9.47 Å². The molecule has 2 aliphatic rings. The molecule has 0 saturated heterocycles. The van der Waals surface area contributed by atoms with E-state index in [9.17, 15) is 23.8 Å². The molecule has 1 saturated carbocycles. The van der Waals surface area contributed by atoms with Gasteiger partial charge in [-0.1, -0.05) is 26.7 Å². The predicted octanol–water partition coefficient (Wildman–Crippen LogP) is 4.99. The molecule has 2 N–H and O–H groups in total. The SMILES string of the molecule is [2H]c1c([2H])c(C2(C(=O)Cc3cc4cc(C(C)(CC)C([2H])([2H])[2H])n(C([2H])([2H])[C@@]([2H])(O)CO)c4cc3F)CC2)c([2H])c2c1OC(F)(F)O2. The van der Waals surface area contributed by atoms with E-state index in [0.29, 0.717) is 4.57 Å². The number of benzene rings is 2. The summed E-state index contributed by atoms with van der Waals surface area (Å²) in [7, 11) is 0. The summed E-state index contributed by atoms with van der Waals surface area (Å²) in [5, 5.41) is 20.1. The molecule has 6 nitrogen and oxygen atoms in total. The molecule has 1 aliphatic heterocycles. The second kappa shape index (κ2) is 8.77. The third-order valence-corrected chi connectivity index (χ3v) is 6.93. The van der Waals surface area contributed by atoms with Gasteiger partial charge in [-0.3, -0.25) is 4.79 Å². The number of hydrogen-bond donors (Lipinski definition) is 2. The zero-order chi connectivity index (χ0) is 34.6. The molecular weight excluding hydrogens is 487 g/mol. The van der Waals surface area contributed by atoms with Crippen LogP contribution < -0.4 is 9.47 Å². The molecule has 5 rings (SSSR count). The van der Waals surface area contributed by atoms with Gasteiger partial charge >= 0.3 is 6.29 Å². The van der Waals surface area contributed by atoms with Gasteiger partial charge in [-0.2, -0.15) is 0 Å². The summed E-state index contributed by atoms with van der Waals surface area (Å²) in [5.74, 6) is -3.34. The molecule has 0 radical (unpaired) electrons. The van der Waals surface area contributed by atoms with Crippen molar-refractivity contribution in [3.8, 4) is 11.5 Å². The van der Waals surface area contributed by atoms with Gasteiger partial charge in [-0.15, -0.1) is 8.78 Å². The fraction of sp³-hybridized carbons (Fsp3) is 0.464. The first-order chi connectivity index (χ1) is 21.0. The highest BCUT2D eigenvalue weighted by atomic mass is 19.3. The largest absolute Gasteiger partial charge is 0.586 e. The standard InChI is InChI=1S/C28H30F3NO5/c1-4-26(2,3)24-10-17-9-16(20(29)13-21(17)32(24)14-19(34)15-33)11-25(35)27(7-8-27)18-5-6-22-23(12-18)37-28(30,31)36-22/h5-6,9-10,12-13,19,33-34H,4,7-8,11,14-15H2,1-3H3/t19-/m1/s1/i2D3,5D,6D,12D,14D2,19D/t19-,26?. The van der Waals surface area contributed by atoms with Gasteiger partial charge in [-0.25, -0.2) is 4.39 Å². The summed E-state index contributed by atoms with van der Waals surface area (Å²) in [6.07, 6.45) is -7.95. The van der Waals surface area contributed by atoms with Gasteiger partial charge in [0, 0.05) is 27.0 Å². The zero-order valence-electron chi connectivity index (χ0n) is 29.0. The maximum Gasteiger partial charge on any atom is 0.586 e. The number of carbonyl (C=O) groups excluding carboxylic acids is 1. The molecule has 3 aromatic rings. The van der Waals surface area contributed by atoms with Crippen LogP contribution in [-0.2, 0) is 28.5 Å². The summed E-state index contributed by atoms with van der Waals surface area (Å²) in [6, 6.07) is 1.02. The Kier molecular flexibility index (Phi) is 3.97. The average molecular weight is 527 g/mol. The monoisotopic (exact) mass is 526 g/mol. The number of aromatic nitrogens is 1. The Labute approximate surface area is 225 Å². The predicted molar refractivity (Wildman–Crippen MR) is 131 cm³/mol. The number of hydrogen-bond acceptors (Lipinski definition) is 5. The number of Topliss-reactive ketones (excluding diaryl/α,β-unsaturated/α-hetero) is 1. The van der Waals surface area contributed by atoms with Crippen molar-refractivity contribution in [2.45, 2.75) is 76.1 Å². The Morgan fingerprint density at radius 3 is 2.70 bits per heavy atom. The summed E-state index contributed by atoms with van der Waals surface area (Å²) >= 11 is 0. The van der Waals surface area contributed by atoms with Crippen LogP contribution in [0.15, 0.2) is 36.3 Å². The normalized spacial score (nSPS) is 24.7. The fourth-order valence-electron chi connectivity index (χ4n) is 4.44. The Bertz CT molecular complexity index is 1770. The van der Waals surface area contributed by atoms with Crippen LogP contribution in [0, 0.1) is 5.82 Å². The number of halogens is 3. The minimum absolute atomic E-state index is 0.0479. The van der Waals surface area contributed by atoms with Crippen molar-refractivity contribution >= 4 is 16.7 Å². The first-order valence-electron chi connectivity index (χ1n) is 16.1. The number of ether oxygens (including phenoxy) is 2. The van der Waals surface area contributed by atoms with Crippen LogP contribution in [0.1, 0.15) is 69.1 Å². The smallest absolute Gasteiger partial charge is 0.395 e. The third-order valence-electron chi connectivity index (χ3n) is 6.93. The molecule has 1 aromatic heterocycles. The van der Waals surface area contributed by atoms with Gasteiger partial charge in [0.2, 0.25) is 0 Å². The highest BCUT2D eigenvalue weighted by Gasteiger charge is 2.52. The lowest BCUT2D eigenvalue weighted by Gasteiger charge is -2.26. The van der Waals surface area contributed by atoms with Crippen molar-refractivity contribution in [2.75, 3.05) is 6.61 Å². The summed E-state index contributed by atoms with van der Waals surface area (Å²) in [4.78, 5) is 13.7. The molecule has 9 heteroatoms. The third kappa shape index (κ3) is 4.48. The van der Waals surface area contributed by atoms with Gasteiger partial charge in [0.1, 0.15) is 11.6 Å². The number of ketones is 1. The van der Waals surface area contributed by atoms with Crippen molar-refractivity contribution < 1.29 is 50.0 Å². The second-order valence-electron chi connectivity index (χ2n) is 9.53. The highest BCUT2D eigenvalue weighted by Crippen LogP contribution is 2.52. The average Bonchev–Trinajstić information content (AvgIpc) is 3.56. The lowest BCUT2D eigenvalue weighted by Crippen LogP contribution is -2.26. The van der Waals surface area contributed by atoms with Crippen LogP contribution in [0.2, 0.25) is 0 Å². The van der Waals surface area contributed by atoms with Gasteiger partial charge in [0.25, 0.3) is 0 Å². The van der Waals surface area contributed by atoms with Crippen molar-refractivity contribution in [3.63, 3.8) is 0 Å². The van der Waals surface area contributed by atoms with E-state index in [1.165, 1.54) is 26.0 Å². The molecule has 1 aliphatic carbocycles. The summed E-state index contributed by atoms with van der Waals surface area (Å²) in [5.41, 5.74) is -4.43. The number of fused-ring (bicyclic) bond motifs is 2. The maximum atomic E-state index is 15.8. The Morgan fingerprint density at radius 1 is 1.32 bits per heavy atom. The van der Waals surface area contributed by atoms with Gasteiger partial charge < -0.3 is 24.3 Å². The fourth-order valence-corrected chi connectivity index (χ4v) is 4.44. The van der Waals surface area contributed by atoms with Crippen molar-refractivity contribution in [1.29, 1.82) is 0 Å². The van der Waals surface area contributed by atoms with Crippen LogP contribution >= 0.6 is 0 Å². The Balaban J connectivity index is 1.63. The molecule has 198 valence electrons. The topological polar surface area (TPSA) is 80.9 Å². The van der Waals surface area contributed by atoms with E-state index in [1.54, 1.807) is 0 Å². The molecule has 0 amide bonds. The quantitative estimate of drug-likeness (QED) is 0.411. The lowest BCUT2D eigenvalue weighted by molar-refractivity contribution is -0.286. The Hall–Kier alpha value is -3.04. The zero-order valence-corrected chi connectivity index (χ0v) is 20.0. The first kappa shape index (κ1) is 16.7. The maximum absolute atomic E-state index is 15.8. The van der Waals surface area contributed by atoms with Crippen LogP contribution in [0.4, 0.5) is 13.2 Å². The molecular formula is C28H30F3NO5. The molecule has 1 unspecified atom stereocenters. The van der Waals surface area contributed by atoms with E-state index < -0.39 is 90.8 Å². The lowest BCUT2D eigenvalue weighted by atomic mass is 9.86. The molecule has 0 bridgehead atoms. The van der Waals surface area contributed by atoms with Gasteiger partial charge in [0.15, 0.2) is 11.5 Å². The highest BCUT2D eigenvalue weighted by molar-refractivity contribution is 5.95. The van der Waals surface area contributed by atoms with Crippen LogP contribution in [0.25, 0.3) is 10.9 Å². The van der Waals surface area contributed by atoms with Crippen molar-refractivity contribution in [2.24, 2.45) is 0 Å². The molecule has 2 aromatic carbocycles. The van der Waals surface area contributed by atoms with Gasteiger partial charge in [-0.05, 0) is 60.7 Å². The number of carbonyl (C=O) groups is 1. The van der Waals surface area contributed by atoms with Crippen molar-refractivity contribution in [3.05, 3.63) is 59.0 Å². The summed E-state index contributed by atoms with van der Waals surface area (Å²) in [6.45, 7) is -4.46. The number of rotatable bonds is 9. The molecule has 0 spiro atoms. The molecule has 2 heterocycles. The number of nitrogens with zero attached hydrogens (tertiary/aromatic N) is 1. The van der Waals surface area contributed by atoms with E-state index in [-0.39, 0.29) is 47.0 Å². The molecule has 37 heavy (non-hydrogen) atoms. The number of alkyl halides is 2. The van der Waals surface area contributed by atoms with Crippen LogP contribution in [0.5, 0.6) is 11.5 Å².